The second kappa shape index (κ2) is 9.61. The van der Waals surface area contributed by atoms with Gasteiger partial charge in [-0.1, -0.05) is 60.1 Å². The molecule has 174 valence electrons. The second-order valence-corrected chi connectivity index (χ2v) is 9.75. The molecule has 1 aliphatic heterocycles. The summed E-state index contributed by atoms with van der Waals surface area (Å²) in [6, 6.07) is 25.2. The first-order valence-corrected chi connectivity index (χ1v) is 12.4. The van der Waals surface area contributed by atoms with Gasteiger partial charge in [0.25, 0.3) is 5.91 Å². The van der Waals surface area contributed by atoms with Crippen LogP contribution in [-0.4, -0.2) is 11.1 Å². The standard InChI is InChI=1S/C29H23ClN2O2S/c1-18-9-4-6-13-24(18)31-29-32(25-14-7-5-10-19(25)2)28(33)27(35-29)17-21-15-16-26(34-21)22-11-8-12-23(30)20(22)3/h4-17H,1-3H3. The first kappa shape index (κ1) is 23.2. The molecule has 5 rings (SSSR count). The summed E-state index contributed by atoms with van der Waals surface area (Å²) in [6.07, 6.45) is 1.78. The zero-order valence-corrected chi connectivity index (χ0v) is 21.2. The van der Waals surface area contributed by atoms with Crippen molar-refractivity contribution in [3.63, 3.8) is 0 Å². The van der Waals surface area contributed by atoms with Gasteiger partial charge in [-0.15, -0.1) is 0 Å². The Hall–Kier alpha value is -3.54. The zero-order valence-electron chi connectivity index (χ0n) is 19.6. The third kappa shape index (κ3) is 4.57. The summed E-state index contributed by atoms with van der Waals surface area (Å²) < 4.78 is 6.09. The van der Waals surface area contributed by atoms with Gasteiger partial charge in [0.1, 0.15) is 11.5 Å². The molecular weight excluding hydrogens is 476 g/mol. The molecule has 4 aromatic rings. The minimum absolute atomic E-state index is 0.131. The van der Waals surface area contributed by atoms with Gasteiger partial charge in [0.15, 0.2) is 5.17 Å². The van der Waals surface area contributed by atoms with Gasteiger partial charge >= 0.3 is 0 Å². The number of halogens is 1. The number of furan rings is 1. The number of amidine groups is 1. The molecule has 0 unspecified atom stereocenters. The molecule has 0 atom stereocenters. The number of carbonyl (C=O) groups excluding carboxylic acids is 1. The second-order valence-electron chi connectivity index (χ2n) is 8.33. The minimum atomic E-state index is -0.131. The maximum absolute atomic E-state index is 13.6. The fraction of sp³-hybridized carbons (Fsp3) is 0.103. The smallest absolute Gasteiger partial charge is 0.271 e. The van der Waals surface area contributed by atoms with Crippen LogP contribution in [0.15, 0.2) is 93.2 Å². The number of para-hydroxylation sites is 2. The Kier molecular flexibility index (Phi) is 6.37. The van der Waals surface area contributed by atoms with Gasteiger partial charge in [-0.2, -0.15) is 0 Å². The minimum Gasteiger partial charge on any atom is -0.457 e. The van der Waals surface area contributed by atoms with E-state index in [1.165, 1.54) is 11.8 Å². The largest absolute Gasteiger partial charge is 0.457 e. The molecule has 4 nitrogen and oxygen atoms in total. The Morgan fingerprint density at radius 3 is 2.40 bits per heavy atom. The van der Waals surface area contributed by atoms with Crippen molar-refractivity contribution in [2.45, 2.75) is 20.8 Å². The quantitative estimate of drug-likeness (QED) is 0.266. The molecule has 1 aromatic heterocycles. The SMILES string of the molecule is Cc1ccccc1N=C1SC(=Cc2ccc(-c3cccc(Cl)c3C)o2)C(=O)N1c1ccccc1C. The molecule has 1 aliphatic rings. The molecule has 1 saturated heterocycles. The Bertz CT molecular complexity index is 1500. The average Bonchev–Trinajstić information content (AvgIpc) is 3.42. The van der Waals surface area contributed by atoms with Crippen molar-refractivity contribution in [3.05, 3.63) is 111 Å². The highest BCUT2D eigenvalue weighted by Crippen LogP contribution is 2.39. The summed E-state index contributed by atoms with van der Waals surface area (Å²) in [7, 11) is 0. The molecule has 2 heterocycles. The van der Waals surface area contributed by atoms with E-state index in [1.807, 2.05) is 99.6 Å². The van der Waals surface area contributed by atoms with Crippen LogP contribution in [0.3, 0.4) is 0 Å². The van der Waals surface area contributed by atoms with E-state index >= 15 is 0 Å². The lowest BCUT2D eigenvalue weighted by molar-refractivity contribution is -0.113. The number of aliphatic imine (C=N–C) groups is 1. The molecule has 0 bridgehead atoms. The number of thioether (sulfide) groups is 1. The third-order valence-corrected chi connectivity index (χ3v) is 7.31. The maximum atomic E-state index is 13.6. The number of benzene rings is 3. The fourth-order valence-electron chi connectivity index (χ4n) is 3.95. The summed E-state index contributed by atoms with van der Waals surface area (Å²) in [5, 5.41) is 1.30. The highest BCUT2D eigenvalue weighted by molar-refractivity contribution is 8.19. The Balaban J connectivity index is 1.55. The van der Waals surface area contributed by atoms with E-state index in [2.05, 4.69) is 0 Å². The normalized spacial score (nSPS) is 16.0. The third-order valence-electron chi connectivity index (χ3n) is 5.93. The van der Waals surface area contributed by atoms with Gasteiger partial charge < -0.3 is 4.42 Å². The Morgan fingerprint density at radius 2 is 1.63 bits per heavy atom. The molecule has 0 N–H and O–H groups in total. The van der Waals surface area contributed by atoms with Gasteiger partial charge in [-0.25, -0.2) is 4.99 Å². The lowest BCUT2D eigenvalue weighted by atomic mass is 10.1. The molecule has 0 saturated carbocycles. The maximum Gasteiger partial charge on any atom is 0.271 e. The van der Waals surface area contributed by atoms with Crippen molar-refractivity contribution in [1.29, 1.82) is 0 Å². The molecule has 0 aliphatic carbocycles. The first-order chi connectivity index (χ1) is 16.9. The molecule has 1 fully saturated rings. The predicted octanol–water partition coefficient (Wildman–Crippen LogP) is 8.33. The number of rotatable bonds is 4. The van der Waals surface area contributed by atoms with Crippen LogP contribution in [0.1, 0.15) is 22.5 Å². The number of aryl methyl sites for hydroxylation is 2. The van der Waals surface area contributed by atoms with Gasteiger partial charge in [-0.05, 0) is 79.6 Å². The molecule has 0 spiro atoms. The monoisotopic (exact) mass is 498 g/mol. The summed E-state index contributed by atoms with van der Waals surface area (Å²) in [6.45, 7) is 5.97. The van der Waals surface area contributed by atoms with Crippen molar-refractivity contribution < 1.29 is 9.21 Å². The number of carbonyl (C=O) groups is 1. The van der Waals surface area contributed by atoms with Gasteiger partial charge in [0.05, 0.1) is 16.3 Å². The number of hydrogen-bond donors (Lipinski definition) is 0. The summed E-state index contributed by atoms with van der Waals surface area (Å²) >= 11 is 7.63. The molecule has 3 aromatic carbocycles. The van der Waals surface area contributed by atoms with Crippen LogP contribution in [-0.2, 0) is 4.79 Å². The molecule has 6 heteroatoms. The number of hydrogen-bond acceptors (Lipinski definition) is 4. The van der Waals surface area contributed by atoms with Crippen LogP contribution in [0, 0.1) is 20.8 Å². The van der Waals surface area contributed by atoms with E-state index in [-0.39, 0.29) is 5.91 Å². The van der Waals surface area contributed by atoms with E-state index < -0.39 is 0 Å². The average molecular weight is 499 g/mol. The highest BCUT2D eigenvalue weighted by atomic mass is 35.5. The van der Waals surface area contributed by atoms with Crippen LogP contribution < -0.4 is 4.90 Å². The molecule has 35 heavy (non-hydrogen) atoms. The zero-order chi connectivity index (χ0) is 24.5. The van der Waals surface area contributed by atoms with Crippen LogP contribution in [0.4, 0.5) is 11.4 Å². The van der Waals surface area contributed by atoms with E-state index in [1.54, 1.807) is 11.0 Å². The number of amides is 1. The van der Waals surface area contributed by atoms with Gasteiger partial charge in [-0.3, -0.25) is 9.69 Å². The topological polar surface area (TPSA) is 45.8 Å². The van der Waals surface area contributed by atoms with Crippen LogP contribution in [0.5, 0.6) is 0 Å². The van der Waals surface area contributed by atoms with E-state index in [0.29, 0.717) is 26.6 Å². The number of nitrogens with zero attached hydrogens (tertiary/aromatic N) is 2. The number of anilines is 1. The summed E-state index contributed by atoms with van der Waals surface area (Å²) in [5.41, 5.74) is 5.57. The molecule has 0 radical (unpaired) electrons. The lowest BCUT2D eigenvalue weighted by Gasteiger charge is -2.18. The first-order valence-electron chi connectivity index (χ1n) is 11.2. The highest BCUT2D eigenvalue weighted by Gasteiger charge is 2.35. The van der Waals surface area contributed by atoms with Crippen LogP contribution in [0.2, 0.25) is 5.02 Å². The lowest BCUT2D eigenvalue weighted by Crippen LogP contribution is -2.29. The van der Waals surface area contributed by atoms with Crippen LogP contribution >= 0.6 is 23.4 Å². The predicted molar refractivity (Wildman–Crippen MR) is 146 cm³/mol. The summed E-state index contributed by atoms with van der Waals surface area (Å²) in [5.74, 6) is 1.17. The van der Waals surface area contributed by atoms with Crippen molar-refractivity contribution >= 4 is 51.9 Å². The summed E-state index contributed by atoms with van der Waals surface area (Å²) in [4.78, 5) is 20.7. The van der Waals surface area contributed by atoms with Crippen molar-refractivity contribution in [2.75, 3.05) is 4.90 Å². The van der Waals surface area contributed by atoms with Crippen LogP contribution in [0.25, 0.3) is 17.4 Å². The van der Waals surface area contributed by atoms with Crippen molar-refractivity contribution in [2.24, 2.45) is 4.99 Å². The molecular formula is C29H23ClN2O2S. The van der Waals surface area contributed by atoms with E-state index in [9.17, 15) is 4.79 Å². The van der Waals surface area contributed by atoms with Crippen molar-refractivity contribution in [3.8, 4) is 11.3 Å². The fourth-order valence-corrected chi connectivity index (χ4v) is 5.09. The molecule has 1 amide bonds. The van der Waals surface area contributed by atoms with E-state index in [4.69, 9.17) is 21.0 Å². The van der Waals surface area contributed by atoms with Gasteiger partial charge in [0.2, 0.25) is 0 Å². The van der Waals surface area contributed by atoms with Gasteiger partial charge in [0, 0.05) is 16.7 Å². The van der Waals surface area contributed by atoms with E-state index in [0.717, 1.165) is 33.6 Å². The Morgan fingerprint density at radius 1 is 0.886 bits per heavy atom. The Labute approximate surface area is 213 Å². The van der Waals surface area contributed by atoms with Crippen molar-refractivity contribution in [1.82, 2.24) is 0 Å².